The van der Waals surface area contributed by atoms with Gasteiger partial charge in [-0.2, -0.15) is 56.3 Å². The number of halogens is 9. The van der Waals surface area contributed by atoms with Crippen LogP contribution >= 0.6 is 0 Å². The molecule has 13 nitrogen and oxygen atoms in total. The van der Waals surface area contributed by atoms with Gasteiger partial charge in [0, 0.05) is 0 Å². The van der Waals surface area contributed by atoms with Crippen LogP contribution in [0.5, 0.6) is 11.5 Å². The molecule has 2 rings (SSSR count). The smallest absolute Gasteiger partial charge is 0.439 e. The van der Waals surface area contributed by atoms with Crippen molar-refractivity contribution in [2.24, 2.45) is 0 Å². The van der Waals surface area contributed by atoms with Gasteiger partial charge in [0.2, 0.25) is 5.44 Å². The van der Waals surface area contributed by atoms with Gasteiger partial charge in [0.1, 0.15) is 11.5 Å². The molecule has 1 unspecified atom stereocenters. The lowest BCUT2D eigenvalue weighted by Gasteiger charge is -2.31. The number of hydrogen-bond donors (Lipinski definition) is 1. The SMILES string of the molecule is C=Cc1ccc(OS(=O)(=O)C(C)OC(=O)c2ccc(OS(=O)(=O)C(F)(F)C(F)(F)C(F)(F)S(=O)(=O)NS(=O)(=O)C(F)(F)F)cc2)cc1. The Morgan fingerprint density at radius 2 is 1.17 bits per heavy atom. The first kappa shape index (κ1) is 39.6. The highest BCUT2D eigenvalue weighted by atomic mass is 32.3. The molecule has 0 amide bonds. The van der Waals surface area contributed by atoms with E-state index in [9.17, 15) is 78.0 Å². The molecule has 0 aliphatic heterocycles. The molecule has 26 heteroatoms. The van der Waals surface area contributed by atoms with Gasteiger partial charge in [-0.15, -0.1) is 0 Å². The summed E-state index contributed by atoms with van der Waals surface area (Å²) >= 11 is 0. The standard InChI is InChI=1S/C21H16F9NO12S4/c1-3-13-4-8-15(9-5-13)42-44(33,34)12(2)41-17(32)14-6-10-16(11-7-14)43-47(39,40)20(26,27)18(22,23)19(24,25)45(35,36)31-46(37,38)21(28,29)30/h3-12,31H,1H2,2H3. The number of rotatable bonds is 14. The fourth-order valence-corrected chi connectivity index (χ4v) is 6.82. The molecule has 0 aliphatic carbocycles. The highest BCUT2D eigenvalue weighted by Gasteiger charge is 2.83. The predicted octanol–water partition coefficient (Wildman–Crippen LogP) is 3.54. The molecular weight excluding hydrogens is 757 g/mol. The minimum absolute atomic E-state index is 0.207. The van der Waals surface area contributed by atoms with Gasteiger partial charge in [-0.25, -0.2) is 21.6 Å². The first-order valence-corrected chi connectivity index (χ1v) is 17.2. The number of sulfonamides is 2. The van der Waals surface area contributed by atoms with E-state index in [0.29, 0.717) is 17.7 Å². The highest BCUT2D eigenvalue weighted by molar-refractivity contribution is 8.05. The van der Waals surface area contributed by atoms with Crippen LogP contribution < -0.4 is 12.5 Å². The van der Waals surface area contributed by atoms with Gasteiger partial charge in [-0.1, -0.05) is 28.9 Å². The zero-order valence-corrected chi connectivity index (χ0v) is 25.7. The van der Waals surface area contributed by atoms with Crippen molar-refractivity contribution in [2.75, 3.05) is 0 Å². The van der Waals surface area contributed by atoms with Crippen molar-refractivity contribution in [2.45, 2.75) is 34.3 Å². The molecule has 47 heavy (non-hydrogen) atoms. The lowest BCUT2D eigenvalue weighted by molar-refractivity contribution is -0.245. The number of alkyl halides is 9. The van der Waals surface area contributed by atoms with Gasteiger partial charge in [0.05, 0.1) is 5.56 Å². The summed E-state index contributed by atoms with van der Waals surface area (Å²) in [6.07, 6.45) is 1.43. The maximum Gasteiger partial charge on any atom is 0.512 e. The molecule has 0 spiro atoms. The molecule has 2 aromatic carbocycles. The van der Waals surface area contributed by atoms with E-state index in [2.05, 4.69) is 15.5 Å². The lowest BCUT2D eigenvalue weighted by atomic mass is 10.2. The van der Waals surface area contributed by atoms with E-state index in [1.807, 2.05) is 0 Å². The van der Waals surface area contributed by atoms with Gasteiger partial charge < -0.3 is 13.1 Å². The summed E-state index contributed by atoms with van der Waals surface area (Å²) in [5.74, 6) is -10.9. The number of ether oxygens (including phenoxy) is 1. The van der Waals surface area contributed by atoms with Crippen LogP contribution in [0.3, 0.4) is 0 Å². The summed E-state index contributed by atoms with van der Waals surface area (Å²) in [5.41, 5.74) is -8.85. The molecule has 0 radical (unpaired) electrons. The monoisotopic (exact) mass is 773 g/mol. The molecule has 1 N–H and O–H groups in total. The van der Waals surface area contributed by atoms with Gasteiger partial charge in [0.25, 0.3) is 10.0 Å². The van der Waals surface area contributed by atoms with Crippen molar-refractivity contribution in [3.63, 3.8) is 0 Å². The number of carbonyl (C=O) groups is 1. The summed E-state index contributed by atoms with van der Waals surface area (Å²) in [6.45, 7) is 4.32. The van der Waals surface area contributed by atoms with E-state index in [1.54, 1.807) is 0 Å². The molecule has 0 fully saturated rings. The van der Waals surface area contributed by atoms with Crippen LogP contribution in [-0.2, 0) is 45.0 Å². The van der Waals surface area contributed by atoms with Crippen molar-refractivity contribution in [3.8, 4) is 11.5 Å². The van der Waals surface area contributed by atoms with Crippen LogP contribution in [0.4, 0.5) is 39.5 Å². The third-order valence-corrected chi connectivity index (χ3v) is 11.1. The number of hydrogen-bond acceptors (Lipinski definition) is 12. The van der Waals surface area contributed by atoms with Crippen LogP contribution in [0.2, 0.25) is 0 Å². The van der Waals surface area contributed by atoms with E-state index in [0.717, 1.165) is 6.92 Å². The highest BCUT2D eigenvalue weighted by Crippen LogP contribution is 2.51. The van der Waals surface area contributed by atoms with E-state index in [4.69, 9.17) is 4.18 Å². The summed E-state index contributed by atoms with van der Waals surface area (Å²) in [5, 5.41) is -14.9. The molecule has 0 aromatic heterocycles. The number of esters is 1. The first-order valence-electron chi connectivity index (χ1n) is 11.3. The van der Waals surface area contributed by atoms with Crippen molar-refractivity contribution >= 4 is 52.3 Å². The van der Waals surface area contributed by atoms with Crippen LogP contribution in [0.15, 0.2) is 55.1 Å². The zero-order valence-electron chi connectivity index (χ0n) is 22.4. The van der Waals surface area contributed by atoms with Crippen LogP contribution in [0.1, 0.15) is 22.8 Å². The zero-order chi connectivity index (χ0) is 36.7. The van der Waals surface area contributed by atoms with E-state index >= 15 is 0 Å². The Morgan fingerprint density at radius 1 is 0.723 bits per heavy atom. The third kappa shape index (κ3) is 7.92. The van der Waals surface area contributed by atoms with Crippen molar-refractivity contribution in [1.82, 2.24) is 4.13 Å². The summed E-state index contributed by atoms with van der Waals surface area (Å²) in [7, 11) is -27.5. The number of nitrogens with one attached hydrogen (secondary N) is 1. The second-order valence-electron chi connectivity index (χ2n) is 8.53. The summed E-state index contributed by atoms with van der Waals surface area (Å²) in [4.78, 5) is 12.3. The minimum Gasteiger partial charge on any atom is -0.439 e. The molecule has 0 bridgehead atoms. The van der Waals surface area contributed by atoms with E-state index in [1.165, 1.54) is 30.3 Å². The minimum atomic E-state index is -7.98. The Morgan fingerprint density at radius 3 is 1.62 bits per heavy atom. The normalized spacial score (nSPS) is 14.6. The van der Waals surface area contributed by atoms with Crippen molar-refractivity contribution in [1.29, 1.82) is 0 Å². The van der Waals surface area contributed by atoms with Gasteiger partial charge >= 0.3 is 58.2 Å². The second kappa shape index (κ2) is 12.8. The van der Waals surface area contributed by atoms with Crippen LogP contribution in [0, 0.1) is 0 Å². The Bertz CT molecular complexity index is 1950. The quantitative estimate of drug-likeness (QED) is 0.167. The maximum atomic E-state index is 14.3. The van der Waals surface area contributed by atoms with Gasteiger partial charge in [-0.3, -0.25) is 0 Å². The summed E-state index contributed by atoms with van der Waals surface area (Å²) in [6, 6.07) is 6.70. The maximum absolute atomic E-state index is 14.3. The van der Waals surface area contributed by atoms with Gasteiger partial charge in [-0.05, 0) is 48.9 Å². The molecule has 0 saturated carbocycles. The largest absolute Gasteiger partial charge is 0.512 e. The predicted molar refractivity (Wildman–Crippen MR) is 139 cm³/mol. The van der Waals surface area contributed by atoms with Crippen LogP contribution in [-0.4, -0.2) is 67.0 Å². The first-order chi connectivity index (χ1) is 21.0. The molecule has 2 aromatic rings. The molecule has 0 heterocycles. The van der Waals surface area contributed by atoms with Crippen LogP contribution in [0.25, 0.3) is 6.08 Å². The molecule has 0 aliphatic rings. The average Bonchev–Trinajstić information content (AvgIpc) is 2.91. The molecule has 1 atom stereocenters. The van der Waals surface area contributed by atoms with Crippen molar-refractivity contribution in [3.05, 3.63) is 66.2 Å². The van der Waals surface area contributed by atoms with Gasteiger partial charge in [0.15, 0.2) is 0 Å². The van der Waals surface area contributed by atoms with E-state index in [-0.39, 0.29) is 17.9 Å². The summed E-state index contributed by atoms with van der Waals surface area (Å²) < 4.78 is 227. The fraction of sp³-hybridized carbons (Fsp3) is 0.286. The van der Waals surface area contributed by atoms with E-state index < -0.39 is 89.1 Å². The van der Waals surface area contributed by atoms with Crippen molar-refractivity contribution < 1.29 is 91.1 Å². The fourth-order valence-electron chi connectivity index (χ4n) is 2.70. The number of carbonyl (C=O) groups excluding carboxylic acids is 1. The molecule has 0 saturated heterocycles. The topological polar surface area (TPSA) is 193 Å². The Labute approximate surface area is 259 Å². The average molecular weight is 774 g/mol. The number of benzene rings is 2. The Kier molecular flexibility index (Phi) is 10.7. The second-order valence-corrected chi connectivity index (χ2v) is 15.6. The molecular formula is C21H16F9NO12S4. The third-order valence-electron chi connectivity index (χ3n) is 5.21. The Hall–Kier alpha value is -3.62. The lowest BCUT2D eigenvalue weighted by Crippen LogP contribution is -2.64. The molecule has 264 valence electrons. The Balaban J connectivity index is 2.25.